The maximum absolute atomic E-state index is 9.85. The number of hydrogen-bond acceptors (Lipinski definition) is 5. The van der Waals surface area contributed by atoms with Gasteiger partial charge in [0, 0.05) is 5.56 Å². The van der Waals surface area contributed by atoms with Crippen molar-refractivity contribution in [3.63, 3.8) is 0 Å². The zero-order chi connectivity index (χ0) is 14.8. The van der Waals surface area contributed by atoms with Crippen LogP contribution in [0.5, 0.6) is 0 Å². The normalized spacial score (nSPS) is 26.8. The van der Waals surface area contributed by atoms with E-state index in [9.17, 15) is 5.11 Å². The summed E-state index contributed by atoms with van der Waals surface area (Å²) in [6.45, 7) is 6.55. The number of hydrogen-bond donors (Lipinski definition) is 3. The van der Waals surface area contributed by atoms with Crippen LogP contribution in [0.2, 0.25) is 0 Å². The summed E-state index contributed by atoms with van der Waals surface area (Å²) in [4.78, 5) is 8.43. The first-order valence-corrected chi connectivity index (χ1v) is 7.47. The first-order valence-electron chi connectivity index (χ1n) is 7.47. The fourth-order valence-corrected chi connectivity index (χ4v) is 2.97. The van der Waals surface area contributed by atoms with E-state index in [0.29, 0.717) is 5.82 Å². The second-order valence-corrected chi connectivity index (χ2v) is 6.42. The summed E-state index contributed by atoms with van der Waals surface area (Å²) in [5.41, 5.74) is 6.66. The van der Waals surface area contributed by atoms with Gasteiger partial charge in [-0.05, 0) is 37.5 Å². The van der Waals surface area contributed by atoms with Crippen LogP contribution in [0.1, 0.15) is 57.9 Å². The monoisotopic (exact) mass is 278 g/mol. The molecule has 1 aromatic rings. The number of anilines is 2. The van der Waals surface area contributed by atoms with Crippen LogP contribution in [0.15, 0.2) is 6.33 Å². The molecule has 0 aromatic carbocycles. The maximum Gasteiger partial charge on any atom is 0.135 e. The average Bonchev–Trinajstić information content (AvgIpc) is 2.41. The molecule has 1 fully saturated rings. The van der Waals surface area contributed by atoms with Crippen LogP contribution in [0.4, 0.5) is 11.6 Å². The Kier molecular flexibility index (Phi) is 4.48. The van der Waals surface area contributed by atoms with Gasteiger partial charge in [0.25, 0.3) is 0 Å². The van der Waals surface area contributed by atoms with Gasteiger partial charge in [0.05, 0.1) is 12.1 Å². The molecule has 5 heteroatoms. The highest BCUT2D eigenvalue weighted by Crippen LogP contribution is 2.36. The van der Waals surface area contributed by atoms with E-state index < -0.39 is 0 Å². The standard InChI is InChI=1S/C15H26N4O/c1-10(2)12-13(16)17-9-18-14(12)19-15(8-20)6-4-11(3)5-7-15/h9-11,20H,4-8H2,1-3H3,(H3,16,17,18,19). The second-order valence-electron chi connectivity index (χ2n) is 6.42. The van der Waals surface area contributed by atoms with Crippen molar-refractivity contribution in [2.24, 2.45) is 5.92 Å². The second kappa shape index (κ2) is 5.95. The van der Waals surface area contributed by atoms with Gasteiger partial charge in [-0.2, -0.15) is 0 Å². The average molecular weight is 278 g/mol. The van der Waals surface area contributed by atoms with E-state index in [-0.39, 0.29) is 18.1 Å². The van der Waals surface area contributed by atoms with Crippen molar-refractivity contribution in [2.45, 2.75) is 57.9 Å². The lowest BCUT2D eigenvalue weighted by atomic mass is 9.77. The maximum atomic E-state index is 9.85. The van der Waals surface area contributed by atoms with Gasteiger partial charge in [0.1, 0.15) is 18.0 Å². The Morgan fingerprint density at radius 1 is 1.40 bits per heavy atom. The van der Waals surface area contributed by atoms with E-state index in [1.54, 1.807) is 0 Å². The molecule has 1 heterocycles. The van der Waals surface area contributed by atoms with Gasteiger partial charge in [0.2, 0.25) is 0 Å². The van der Waals surface area contributed by atoms with E-state index in [0.717, 1.165) is 43.0 Å². The summed E-state index contributed by atoms with van der Waals surface area (Å²) in [6, 6.07) is 0. The van der Waals surface area contributed by atoms with Crippen LogP contribution in [-0.2, 0) is 0 Å². The van der Waals surface area contributed by atoms with Gasteiger partial charge in [-0.15, -0.1) is 0 Å². The SMILES string of the molecule is CC1CCC(CO)(Nc2ncnc(N)c2C(C)C)CC1. The molecule has 0 amide bonds. The Morgan fingerprint density at radius 3 is 2.60 bits per heavy atom. The number of nitrogens with one attached hydrogen (secondary N) is 1. The molecule has 0 atom stereocenters. The van der Waals surface area contributed by atoms with Crippen molar-refractivity contribution in [3.05, 3.63) is 11.9 Å². The molecule has 0 spiro atoms. The molecule has 5 nitrogen and oxygen atoms in total. The molecule has 1 saturated carbocycles. The molecule has 1 aliphatic carbocycles. The number of nitrogens with two attached hydrogens (primary N) is 1. The quantitative estimate of drug-likeness (QED) is 0.788. The van der Waals surface area contributed by atoms with Gasteiger partial charge in [-0.3, -0.25) is 0 Å². The fourth-order valence-electron chi connectivity index (χ4n) is 2.97. The predicted octanol–water partition coefficient (Wildman–Crippen LogP) is 2.54. The van der Waals surface area contributed by atoms with Crippen LogP contribution in [-0.4, -0.2) is 27.2 Å². The van der Waals surface area contributed by atoms with E-state index >= 15 is 0 Å². The lowest BCUT2D eigenvalue weighted by Gasteiger charge is -2.39. The minimum Gasteiger partial charge on any atom is -0.394 e. The van der Waals surface area contributed by atoms with Gasteiger partial charge in [-0.25, -0.2) is 9.97 Å². The van der Waals surface area contributed by atoms with E-state index in [1.807, 2.05) is 0 Å². The highest BCUT2D eigenvalue weighted by Gasteiger charge is 2.34. The molecule has 0 saturated heterocycles. The fraction of sp³-hybridized carbons (Fsp3) is 0.733. The first-order chi connectivity index (χ1) is 9.47. The minimum absolute atomic E-state index is 0.126. The van der Waals surface area contributed by atoms with Crippen LogP contribution in [0.25, 0.3) is 0 Å². The van der Waals surface area contributed by atoms with E-state index in [1.165, 1.54) is 6.33 Å². The predicted molar refractivity (Wildman–Crippen MR) is 81.6 cm³/mol. The zero-order valence-electron chi connectivity index (χ0n) is 12.7. The third-order valence-corrected chi connectivity index (χ3v) is 4.41. The number of nitrogen functional groups attached to an aromatic ring is 1. The molecule has 1 aromatic heterocycles. The topological polar surface area (TPSA) is 84.1 Å². The van der Waals surface area contributed by atoms with Crippen molar-refractivity contribution in [1.82, 2.24) is 9.97 Å². The van der Waals surface area contributed by atoms with Crippen molar-refractivity contribution in [3.8, 4) is 0 Å². The molecular weight excluding hydrogens is 252 g/mol. The van der Waals surface area contributed by atoms with E-state index in [2.05, 4.69) is 36.1 Å². The third kappa shape index (κ3) is 3.03. The van der Waals surface area contributed by atoms with Crippen molar-refractivity contribution < 1.29 is 5.11 Å². The summed E-state index contributed by atoms with van der Waals surface area (Å²) in [5.74, 6) is 2.28. The number of nitrogens with zero attached hydrogens (tertiary/aromatic N) is 2. The molecule has 0 unspecified atom stereocenters. The summed E-state index contributed by atoms with van der Waals surface area (Å²) < 4.78 is 0. The Labute approximate surface area is 121 Å². The van der Waals surface area contributed by atoms with Gasteiger partial charge >= 0.3 is 0 Å². The summed E-state index contributed by atoms with van der Waals surface area (Å²) in [6.07, 6.45) is 5.68. The summed E-state index contributed by atoms with van der Waals surface area (Å²) >= 11 is 0. The van der Waals surface area contributed by atoms with Crippen molar-refractivity contribution in [1.29, 1.82) is 0 Å². The molecule has 2 rings (SSSR count). The number of aliphatic hydroxyl groups is 1. The first kappa shape index (κ1) is 15.0. The van der Waals surface area contributed by atoms with Crippen molar-refractivity contribution in [2.75, 3.05) is 17.7 Å². The van der Waals surface area contributed by atoms with Gasteiger partial charge in [0.15, 0.2) is 0 Å². The number of aliphatic hydroxyl groups excluding tert-OH is 1. The minimum atomic E-state index is -0.267. The molecule has 0 radical (unpaired) electrons. The number of aromatic nitrogens is 2. The molecule has 0 bridgehead atoms. The summed E-state index contributed by atoms with van der Waals surface area (Å²) in [5, 5.41) is 13.3. The Balaban J connectivity index is 2.26. The molecule has 1 aliphatic rings. The highest BCUT2D eigenvalue weighted by atomic mass is 16.3. The Hall–Kier alpha value is -1.36. The largest absolute Gasteiger partial charge is 0.394 e. The van der Waals surface area contributed by atoms with Gasteiger partial charge in [-0.1, -0.05) is 20.8 Å². The summed E-state index contributed by atoms with van der Waals surface area (Å²) in [7, 11) is 0. The molecule has 4 N–H and O–H groups in total. The molecule has 0 aliphatic heterocycles. The zero-order valence-corrected chi connectivity index (χ0v) is 12.7. The molecule has 20 heavy (non-hydrogen) atoms. The van der Waals surface area contributed by atoms with Crippen LogP contribution >= 0.6 is 0 Å². The van der Waals surface area contributed by atoms with E-state index in [4.69, 9.17) is 5.73 Å². The lowest BCUT2D eigenvalue weighted by molar-refractivity contribution is 0.155. The molecular formula is C15H26N4O. The highest BCUT2D eigenvalue weighted by molar-refractivity contribution is 5.57. The number of rotatable bonds is 4. The van der Waals surface area contributed by atoms with Crippen LogP contribution in [0, 0.1) is 5.92 Å². The van der Waals surface area contributed by atoms with Crippen molar-refractivity contribution >= 4 is 11.6 Å². The third-order valence-electron chi connectivity index (χ3n) is 4.41. The van der Waals surface area contributed by atoms with Gasteiger partial charge < -0.3 is 16.2 Å². The molecule has 112 valence electrons. The lowest BCUT2D eigenvalue weighted by Crippen LogP contribution is -2.45. The van der Waals surface area contributed by atoms with Crippen LogP contribution in [0.3, 0.4) is 0 Å². The smallest absolute Gasteiger partial charge is 0.135 e. The van der Waals surface area contributed by atoms with Crippen LogP contribution < -0.4 is 11.1 Å². The Morgan fingerprint density at radius 2 is 2.05 bits per heavy atom. The Bertz CT molecular complexity index is 453.